The zero-order valence-electron chi connectivity index (χ0n) is 18.8. The fourth-order valence-electron chi connectivity index (χ4n) is 5.68. The van der Waals surface area contributed by atoms with Gasteiger partial charge in [-0.3, -0.25) is 14.4 Å². The van der Waals surface area contributed by atoms with Gasteiger partial charge in [0.1, 0.15) is 12.6 Å². The van der Waals surface area contributed by atoms with Crippen molar-refractivity contribution in [1.82, 2.24) is 4.90 Å². The van der Waals surface area contributed by atoms with Gasteiger partial charge in [0, 0.05) is 30.6 Å². The molecule has 0 aliphatic carbocycles. The van der Waals surface area contributed by atoms with Crippen LogP contribution in [-0.2, 0) is 19.1 Å². The van der Waals surface area contributed by atoms with Gasteiger partial charge in [-0.2, -0.15) is 0 Å². The molecule has 0 saturated carbocycles. The average Bonchev–Trinajstić information content (AvgIpc) is 3.08. The van der Waals surface area contributed by atoms with Crippen molar-refractivity contribution in [2.24, 2.45) is 11.8 Å². The monoisotopic (exact) mass is 468 g/mol. The maximum Gasteiger partial charge on any atom is 0.311 e. The number of benzene rings is 1. The van der Waals surface area contributed by atoms with Crippen LogP contribution in [0.15, 0.2) is 42.5 Å². The number of ether oxygens (including phenoxy) is 1. The quantitative estimate of drug-likeness (QED) is 0.537. The number of rotatable bonds is 4. The van der Waals surface area contributed by atoms with E-state index in [2.05, 4.69) is 0 Å². The summed E-state index contributed by atoms with van der Waals surface area (Å²) in [6.07, 6.45) is 8.09. The van der Waals surface area contributed by atoms with Crippen LogP contribution in [0.3, 0.4) is 0 Å². The van der Waals surface area contributed by atoms with Crippen molar-refractivity contribution in [1.29, 1.82) is 0 Å². The molecule has 5 atom stereocenters. The summed E-state index contributed by atoms with van der Waals surface area (Å²) < 4.78 is 4.52. The molecule has 0 aromatic heterocycles. The smallest absolute Gasteiger partial charge is 0.311 e. The lowest BCUT2D eigenvalue weighted by Crippen LogP contribution is -2.53. The minimum atomic E-state index is -0.855. The molecule has 2 amide bonds. The molecule has 4 aliphatic rings. The van der Waals surface area contributed by atoms with Gasteiger partial charge >= 0.3 is 5.97 Å². The van der Waals surface area contributed by atoms with Crippen LogP contribution in [0.1, 0.15) is 17.5 Å². The number of cyclic esters (lactones) is 1. The van der Waals surface area contributed by atoms with Gasteiger partial charge < -0.3 is 19.6 Å². The van der Waals surface area contributed by atoms with Crippen molar-refractivity contribution in [2.75, 3.05) is 31.2 Å². The number of fused-ring (bicyclic) bond motifs is 2. The number of aryl methyl sites for hydroxylation is 2. The largest absolute Gasteiger partial charge is 0.461 e. The fraction of sp³-hybridized carbons (Fsp3) is 0.480. The van der Waals surface area contributed by atoms with Crippen molar-refractivity contribution >= 4 is 35.2 Å². The number of aliphatic hydroxyl groups is 1. The highest BCUT2D eigenvalue weighted by molar-refractivity contribution is 8.02. The Bertz CT molecular complexity index is 1070. The second-order valence-corrected chi connectivity index (χ2v) is 10.6. The highest BCUT2D eigenvalue weighted by atomic mass is 32.2. The van der Waals surface area contributed by atoms with Crippen LogP contribution >= 0.6 is 11.8 Å². The molecule has 1 aromatic rings. The molecule has 2 saturated heterocycles. The zero-order valence-corrected chi connectivity index (χ0v) is 19.6. The number of anilines is 1. The number of likely N-dealkylation sites (tertiary alicyclic amines) is 1. The van der Waals surface area contributed by atoms with Crippen LogP contribution in [0, 0.1) is 25.7 Å². The minimum Gasteiger partial charge on any atom is -0.461 e. The van der Waals surface area contributed by atoms with Gasteiger partial charge in [-0.05, 0) is 37.5 Å². The van der Waals surface area contributed by atoms with Crippen molar-refractivity contribution in [3.63, 3.8) is 0 Å². The molecule has 174 valence electrons. The second kappa shape index (κ2) is 8.33. The Morgan fingerprint density at radius 2 is 2.00 bits per heavy atom. The molecular formula is C25H28N2O5S. The lowest BCUT2D eigenvalue weighted by Gasteiger charge is -2.35. The van der Waals surface area contributed by atoms with E-state index in [1.807, 2.05) is 56.4 Å². The molecule has 1 aromatic carbocycles. The lowest BCUT2D eigenvalue weighted by molar-refractivity contribution is -0.151. The second-order valence-electron chi connectivity index (χ2n) is 9.15. The summed E-state index contributed by atoms with van der Waals surface area (Å²) in [6, 6.07) is 5.26. The van der Waals surface area contributed by atoms with Crippen molar-refractivity contribution < 1.29 is 24.2 Å². The number of hydrogen-bond acceptors (Lipinski definition) is 6. The van der Waals surface area contributed by atoms with Gasteiger partial charge in [-0.15, -0.1) is 11.8 Å². The first-order chi connectivity index (χ1) is 15.9. The minimum absolute atomic E-state index is 0.0805. The highest BCUT2D eigenvalue weighted by Crippen LogP contribution is 2.61. The first kappa shape index (κ1) is 22.2. The van der Waals surface area contributed by atoms with E-state index < -0.39 is 22.6 Å². The van der Waals surface area contributed by atoms with Gasteiger partial charge in [-0.25, -0.2) is 0 Å². The van der Waals surface area contributed by atoms with Crippen LogP contribution in [0.5, 0.6) is 0 Å². The molecule has 2 fully saturated rings. The van der Waals surface area contributed by atoms with Crippen LogP contribution in [0.4, 0.5) is 5.69 Å². The summed E-state index contributed by atoms with van der Waals surface area (Å²) >= 11 is 1.53. The SMILES string of the molecule is Cc1ccc(C)c(N2CC=C[C@]34S[C@@H]5C=CCOC(=O)[C@@H]5[C@H]3C(=O)N(CCCO)C4C2=O)c1. The molecule has 33 heavy (non-hydrogen) atoms. The summed E-state index contributed by atoms with van der Waals surface area (Å²) in [7, 11) is 0. The Balaban J connectivity index is 1.63. The topological polar surface area (TPSA) is 87.2 Å². The van der Waals surface area contributed by atoms with E-state index in [1.165, 1.54) is 11.8 Å². The van der Waals surface area contributed by atoms with E-state index in [1.54, 1.807) is 9.80 Å². The number of amides is 2. The van der Waals surface area contributed by atoms with Crippen LogP contribution in [0.25, 0.3) is 0 Å². The number of carbonyl (C=O) groups excluding carboxylic acids is 3. The van der Waals surface area contributed by atoms with Gasteiger partial charge in [-0.1, -0.05) is 36.4 Å². The Morgan fingerprint density at radius 1 is 1.18 bits per heavy atom. The van der Waals surface area contributed by atoms with E-state index in [0.717, 1.165) is 16.8 Å². The molecule has 1 N–H and O–H groups in total. The Labute approximate surface area is 197 Å². The zero-order chi connectivity index (χ0) is 23.3. The first-order valence-corrected chi connectivity index (χ1v) is 12.3. The standard InChI is InChI=1S/C25H28N2O5S/c1-15-7-8-16(2)17(14-15)26-10-4-9-25-20(19-18(33-25)6-3-13-32-24(19)31)22(29)27(11-5-12-28)21(25)23(26)30/h3-4,6-9,14,18-21,28H,5,10-13H2,1-2H3/t18-,19+,20+,21?,25+/m1/s1. The molecule has 4 aliphatic heterocycles. The molecule has 0 bridgehead atoms. The Morgan fingerprint density at radius 3 is 2.79 bits per heavy atom. The van der Waals surface area contributed by atoms with Crippen LogP contribution < -0.4 is 4.90 Å². The first-order valence-electron chi connectivity index (χ1n) is 11.4. The van der Waals surface area contributed by atoms with E-state index in [0.29, 0.717) is 13.0 Å². The van der Waals surface area contributed by atoms with E-state index in [-0.39, 0.29) is 42.8 Å². The molecule has 1 spiro atoms. The number of hydrogen-bond donors (Lipinski definition) is 1. The van der Waals surface area contributed by atoms with Crippen LogP contribution in [-0.4, -0.2) is 70.1 Å². The third-order valence-corrected chi connectivity index (χ3v) is 8.87. The highest BCUT2D eigenvalue weighted by Gasteiger charge is 2.71. The van der Waals surface area contributed by atoms with E-state index in [9.17, 15) is 19.5 Å². The van der Waals surface area contributed by atoms with Crippen LogP contribution in [0.2, 0.25) is 0 Å². The van der Waals surface area contributed by atoms with Crippen molar-refractivity contribution in [3.8, 4) is 0 Å². The predicted molar refractivity (Wildman–Crippen MR) is 126 cm³/mol. The summed E-state index contributed by atoms with van der Waals surface area (Å²) in [5.41, 5.74) is 2.86. The summed E-state index contributed by atoms with van der Waals surface area (Å²) in [5, 5.41) is 9.24. The summed E-state index contributed by atoms with van der Waals surface area (Å²) in [5.74, 6) is -2.05. The molecule has 5 rings (SSSR count). The molecule has 8 heteroatoms. The fourth-order valence-corrected chi connectivity index (χ4v) is 7.68. The maximum atomic E-state index is 14.2. The van der Waals surface area contributed by atoms with Gasteiger partial charge in [0.05, 0.1) is 16.6 Å². The third-order valence-electron chi connectivity index (χ3n) is 7.13. The molecule has 7 nitrogen and oxygen atoms in total. The third kappa shape index (κ3) is 3.34. The number of thioether (sulfide) groups is 1. The summed E-state index contributed by atoms with van der Waals surface area (Å²) in [4.78, 5) is 44.2. The molecular weight excluding hydrogens is 440 g/mol. The molecule has 1 unspecified atom stereocenters. The van der Waals surface area contributed by atoms with Gasteiger partial charge in [0.25, 0.3) is 5.91 Å². The Hall–Kier alpha value is -2.58. The van der Waals surface area contributed by atoms with Crippen molar-refractivity contribution in [3.05, 3.63) is 53.6 Å². The maximum absolute atomic E-state index is 14.2. The Kier molecular flexibility index (Phi) is 5.61. The lowest BCUT2D eigenvalue weighted by atomic mass is 9.78. The number of carbonyl (C=O) groups is 3. The van der Waals surface area contributed by atoms with E-state index in [4.69, 9.17) is 4.74 Å². The van der Waals surface area contributed by atoms with Gasteiger partial charge in [0.2, 0.25) is 5.91 Å². The van der Waals surface area contributed by atoms with E-state index >= 15 is 0 Å². The predicted octanol–water partition coefficient (Wildman–Crippen LogP) is 2.00. The number of esters is 1. The van der Waals surface area contributed by atoms with Gasteiger partial charge in [0.15, 0.2) is 0 Å². The normalized spacial score (nSPS) is 32.9. The average molecular weight is 469 g/mol. The number of nitrogens with zero attached hydrogens (tertiary/aromatic N) is 2. The summed E-state index contributed by atoms with van der Waals surface area (Å²) in [6.45, 7) is 4.75. The van der Waals surface area contributed by atoms with Crippen molar-refractivity contribution in [2.45, 2.75) is 36.3 Å². The molecule has 0 radical (unpaired) electrons. The number of aliphatic hydroxyl groups excluding tert-OH is 1. The molecule has 4 heterocycles.